The van der Waals surface area contributed by atoms with Crippen LogP contribution in [0.4, 0.5) is 0 Å². The van der Waals surface area contributed by atoms with Crippen molar-refractivity contribution in [3.8, 4) is 5.75 Å². The average molecular weight is 547 g/mol. The number of rotatable bonds is 10. The lowest BCUT2D eigenvalue weighted by Crippen LogP contribution is -2.51. The van der Waals surface area contributed by atoms with Gasteiger partial charge in [0.15, 0.2) is 0 Å². The third-order valence-corrected chi connectivity index (χ3v) is 12.0. The number of ether oxygens (including phenoxy) is 2. The molecular weight excluding hydrogens is 492 g/mol. The van der Waals surface area contributed by atoms with Crippen molar-refractivity contribution < 1.29 is 14.3 Å². The maximum atomic E-state index is 13.0. The fourth-order valence-electron chi connectivity index (χ4n) is 9.81. The lowest BCUT2D eigenvalue weighted by molar-refractivity contribution is -0.0594. The van der Waals surface area contributed by atoms with Gasteiger partial charge in [0.2, 0.25) is 0 Å². The van der Waals surface area contributed by atoms with E-state index in [9.17, 15) is 4.79 Å². The van der Waals surface area contributed by atoms with Crippen LogP contribution in [0.1, 0.15) is 116 Å². The molecule has 40 heavy (non-hydrogen) atoms. The number of carbonyl (C=O) groups is 1. The topological polar surface area (TPSA) is 35.5 Å². The summed E-state index contributed by atoms with van der Waals surface area (Å²) in [5, 5.41) is 0. The molecule has 4 aliphatic carbocycles. The maximum Gasteiger partial charge on any atom is 0.338 e. The first kappa shape index (κ1) is 29.5. The van der Waals surface area contributed by atoms with Gasteiger partial charge in [-0.3, -0.25) is 0 Å². The molecule has 0 unspecified atom stereocenters. The first-order valence-electron chi connectivity index (χ1n) is 16.4. The van der Waals surface area contributed by atoms with Crippen LogP contribution in [0.2, 0.25) is 0 Å². The Balaban J connectivity index is 1.21. The average Bonchev–Trinajstić information content (AvgIpc) is 3.29. The zero-order chi connectivity index (χ0) is 28.5. The molecule has 3 saturated carbocycles. The third-order valence-electron chi connectivity index (χ3n) is 12.0. The van der Waals surface area contributed by atoms with E-state index in [2.05, 4.69) is 47.3 Å². The molecule has 0 amide bonds. The Hall–Kier alpha value is -2.03. The van der Waals surface area contributed by atoms with Gasteiger partial charge in [-0.2, -0.15) is 0 Å². The first-order chi connectivity index (χ1) is 19.2. The molecule has 3 fully saturated rings. The Morgan fingerprint density at radius 2 is 1.80 bits per heavy atom. The van der Waals surface area contributed by atoms with Crippen LogP contribution in [0.25, 0.3) is 0 Å². The third kappa shape index (κ3) is 5.68. The van der Waals surface area contributed by atoms with Gasteiger partial charge in [0, 0.05) is 6.42 Å². The molecule has 3 nitrogen and oxygen atoms in total. The Kier molecular flexibility index (Phi) is 8.89. The summed E-state index contributed by atoms with van der Waals surface area (Å²) in [6.07, 6.45) is 18.4. The zero-order valence-corrected chi connectivity index (χ0v) is 25.9. The fourth-order valence-corrected chi connectivity index (χ4v) is 9.81. The molecule has 0 saturated heterocycles. The van der Waals surface area contributed by atoms with Crippen LogP contribution in [-0.2, 0) is 4.74 Å². The van der Waals surface area contributed by atoms with Crippen molar-refractivity contribution in [3.05, 3.63) is 54.1 Å². The number of hydrogen-bond donors (Lipinski definition) is 0. The predicted molar refractivity (Wildman–Crippen MR) is 164 cm³/mol. The number of carbonyl (C=O) groups excluding carboxylic acids is 1. The molecule has 0 bridgehead atoms. The highest BCUT2D eigenvalue weighted by atomic mass is 16.5. The smallest absolute Gasteiger partial charge is 0.338 e. The standard InChI is InChI=1S/C37H54O3/c1-7-23-39-29-14-11-27(12-15-29)35(38)40-30-19-21-36(5)28(24-30)13-16-31-33-18-17-32(26(4)10-8-9-25(2)3)37(33,6)22-20-34(31)36/h7,11-15,25-26,30-34H,1,8-10,16-24H2,2-6H3/t26-,30-,31+,32+,33-,34+,36+,37-/m1/s1. The number of allylic oxidation sites excluding steroid dienone is 1. The summed E-state index contributed by atoms with van der Waals surface area (Å²) < 4.78 is 11.6. The molecule has 1 aromatic carbocycles. The van der Waals surface area contributed by atoms with Gasteiger partial charge >= 0.3 is 5.97 Å². The molecule has 0 N–H and O–H groups in total. The van der Waals surface area contributed by atoms with Crippen LogP contribution in [0, 0.1) is 46.3 Å². The van der Waals surface area contributed by atoms with E-state index in [4.69, 9.17) is 9.47 Å². The Labute approximate surface area is 244 Å². The van der Waals surface area contributed by atoms with Crippen LogP contribution in [0.5, 0.6) is 5.75 Å². The molecule has 0 spiro atoms. The Bertz CT molecular complexity index is 1070. The van der Waals surface area contributed by atoms with Crippen molar-refractivity contribution in [2.24, 2.45) is 46.3 Å². The molecule has 5 rings (SSSR count). The van der Waals surface area contributed by atoms with Gasteiger partial charge in [-0.05, 0) is 116 Å². The SMILES string of the molecule is C=CCOc1ccc(C(=O)O[C@@H]2CC[C@@]3(C)C(=CC[C@H]4[C@H]5CC[C@@H]([C@H](C)CCCC(C)C)[C@@]5(C)CC[C@@H]43)C2)cc1. The molecule has 3 heteroatoms. The van der Waals surface area contributed by atoms with Crippen LogP contribution < -0.4 is 4.74 Å². The second-order valence-electron chi connectivity index (χ2n) is 14.7. The van der Waals surface area contributed by atoms with Crippen molar-refractivity contribution in [2.45, 2.75) is 111 Å². The number of fused-ring (bicyclic) bond motifs is 5. The minimum Gasteiger partial charge on any atom is -0.490 e. The summed E-state index contributed by atoms with van der Waals surface area (Å²) in [5.41, 5.74) is 2.97. The molecule has 8 atom stereocenters. The highest BCUT2D eigenvalue weighted by Crippen LogP contribution is 2.67. The fraction of sp³-hybridized carbons (Fsp3) is 0.703. The van der Waals surface area contributed by atoms with Gasteiger partial charge < -0.3 is 9.47 Å². The van der Waals surface area contributed by atoms with Gasteiger partial charge in [-0.1, -0.05) is 78.2 Å². The van der Waals surface area contributed by atoms with E-state index in [0.717, 1.165) is 60.5 Å². The summed E-state index contributed by atoms with van der Waals surface area (Å²) in [4.78, 5) is 13.0. The summed E-state index contributed by atoms with van der Waals surface area (Å²) in [7, 11) is 0. The normalized spacial score (nSPS) is 35.6. The second kappa shape index (κ2) is 12.1. The lowest BCUT2D eigenvalue weighted by Gasteiger charge is -2.58. The summed E-state index contributed by atoms with van der Waals surface area (Å²) >= 11 is 0. The van der Waals surface area contributed by atoms with Crippen molar-refractivity contribution >= 4 is 5.97 Å². The molecule has 0 aliphatic heterocycles. The van der Waals surface area contributed by atoms with E-state index in [1.165, 1.54) is 51.4 Å². The molecule has 0 aromatic heterocycles. The number of benzene rings is 1. The molecule has 1 aromatic rings. The monoisotopic (exact) mass is 546 g/mol. The van der Waals surface area contributed by atoms with Crippen LogP contribution in [0.3, 0.4) is 0 Å². The van der Waals surface area contributed by atoms with Crippen molar-refractivity contribution in [1.29, 1.82) is 0 Å². The van der Waals surface area contributed by atoms with E-state index >= 15 is 0 Å². The Morgan fingerprint density at radius 1 is 1.02 bits per heavy atom. The summed E-state index contributed by atoms with van der Waals surface area (Å²) in [5.74, 6) is 5.62. The highest BCUT2D eigenvalue weighted by Gasteiger charge is 2.59. The zero-order valence-electron chi connectivity index (χ0n) is 25.9. The Morgan fingerprint density at radius 3 is 2.52 bits per heavy atom. The first-order valence-corrected chi connectivity index (χ1v) is 16.4. The summed E-state index contributed by atoms with van der Waals surface area (Å²) in [6, 6.07) is 7.27. The van der Waals surface area contributed by atoms with E-state index in [0.29, 0.717) is 17.6 Å². The van der Waals surface area contributed by atoms with E-state index < -0.39 is 0 Å². The van der Waals surface area contributed by atoms with Gasteiger partial charge in [-0.25, -0.2) is 4.79 Å². The molecule has 0 radical (unpaired) electrons. The van der Waals surface area contributed by atoms with E-state index in [1.807, 2.05) is 12.1 Å². The highest BCUT2D eigenvalue weighted by molar-refractivity contribution is 5.89. The van der Waals surface area contributed by atoms with Gasteiger partial charge in [-0.15, -0.1) is 0 Å². The number of hydrogen-bond acceptors (Lipinski definition) is 3. The van der Waals surface area contributed by atoms with Crippen LogP contribution >= 0.6 is 0 Å². The molecule has 4 aliphatic rings. The van der Waals surface area contributed by atoms with Crippen LogP contribution in [-0.4, -0.2) is 18.7 Å². The predicted octanol–water partition coefficient (Wildman–Crippen LogP) is 9.82. The minimum atomic E-state index is -0.217. The van der Waals surface area contributed by atoms with Crippen LogP contribution in [0.15, 0.2) is 48.6 Å². The van der Waals surface area contributed by atoms with Crippen molar-refractivity contribution in [3.63, 3.8) is 0 Å². The van der Waals surface area contributed by atoms with Gasteiger partial charge in [0.25, 0.3) is 0 Å². The van der Waals surface area contributed by atoms with Crippen molar-refractivity contribution in [1.82, 2.24) is 0 Å². The van der Waals surface area contributed by atoms with Crippen molar-refractivity contribution in [2.75, 3.05) is 6.61 Å². The largest absolute Gasteiger partial charge is 0.490 e. The van der Waals surface area contributed by atoms with E-state index in [1.54, 1.807) is 23.8 Å². The second-order valence-corrected chi connectivity index (χ2v) is 14.7. The molecular formula is C37H54O3. The lowest BCUT2D eigenvalue weighted by atomic mass is 9.47. The minimum absolute atomic E-state index is 0.0172. The molecule has 220 valence electrons. The summed E-state index contributed by atoms with van der Waals surface area (Å²) in [6.45, 7) is 16.7. The van der Waals surface area contributed by atoms with Gasteiger partial charge in [0.1, 0.15) is 18.5 Å². The van der Waals surface area contributed by atoms with Gasteiger partial charge in [0.05, 0.1) is 5.56 Å². The number of esters is 1. The quantitative estimate of drug-likeness (QED) is 0.216. The van der Waals surface area contributed by atoms with E-state index in [-0.39, 0.29) is 17.5 Å². The maximum absolute atomic E-state index is 13.0. The molecule has 0 heterocycles.